The molecule has 0 bridgehead atoms. The van der Waals surface area contributed by atoms with Gasteiger partial charge >= 0.3 is 5.97 Å². The summed E-state index contributed by atoms with van der Waals surface area (Å²) in [5, 5.41) is 12.4. The third-order valence-corrected chi connectivity index (χ3v) is 4.07. The lowest BCUT2D eigenvalue weighted by atomic mass is 9.93. The lowest BCUT2D eigenvalue weighted by molar-refractivity contribution is -0.150. The van der Waals surface area contributed by atoms with E-state index in [1.165, 1.54) is 0 Å². The van der Waals surface area contributed by atoms with Gasteiger partial charge in [0.05, 0.1) is 6.54 Å². The Morgan fingerprint density at radius 2 is 2.11 bits per heavy atom. The van der Waals surface area contributed by atoms with Crippen LogP contribution < -0.4 is 5.32 Å². The number of carboxylic acids is 1. The average molecular weight is 270 g/mol. The lowest BCUT2D eigenvalue weighted by Crippen LogP contribution is -2.53. The second kappa shape index (κ2) is 6.89. The summed E-state index contributed by atoms with van der Waals surface area (Å²) in [6, 6.07) is 0.154. The summed E-state index contributed by atoms with van der Waals surface area (Å²) in [5.41, 5.74) is -0.842. The normalized spacial score (nSPS) is 25.2. The molecule has 0 aromatic carbocycles. The first-order valence-electron chi connectivity index (χ1n) is 7.24. The summed E-state index contributed by atoms with van der Waals surface area (Å²) >= 11 is 0. The SMILES string of the molecule is CCCC(C)NC(=O)CN1CCCC1(CC)C(=O)O. The minimum Gasteiger partial charge on any atom is -0.480 e. The van der Waals surface area contributed by atoms with Crippen LogP contribution in [0, 0.1) is 0 Å². The van der Waals surface area contributed by atoms with Crippen molar-refractivity contribution < 1.29 is 14.7 Å². The number of hydrogen-bond acceptors (Lipinski definition) is 3. The van der Waals surface area contributed by atoms with Crippen LogP contribution in [0.3, 0.4) is 0 Å². The molecule has 19 heavy (non-hydrogen) atoms. The fourth-order valence-corrected chi connectivity index (χ4v) is 2.96. The summed E-state index contributed by atoms with van der Waals surface area (Å²) in [6.45, 7) is 6.82. The standard InChI is InChI=1S/C14H26N2O3/c1-4-7-11(3)15-12(17)10-16-9-6-8-14(16,5-2)13(18)19/h11H,4-10H2,1-3H3,(H,15,17)(H,18,19). The van der Waals surface area contributed by atoms with Crippen molar-refractivity contribution in [3.8, 4) is 0 Å². The highest BCUT2D eigenvalue weighted by atomic mass is 16.4. The maximum absolute atomic E-state index is 12.0. The monoisotopic (exact) mass is 270 g/mol. The van der Waals surface area contributed by atoms with Gasteiger partial charge in [0.25, 0.3) is 0 Å². The van der Waals surface area contributed by atoms with Crippen molar-refractivity contribution in [2.45, 2.75) is 64.5 Å². The Labute approximate surface area is 115 Å². The fourth-order valence-electron chi connectivity index (χ4n) is 2.96. The van der Waals surface area contributed by atoms with E-state index >= 15 is 0 Å². The predicted molar refractivity (Wildman–Crippen MR) is 74.0 cm³/mol. The Hall–Kier alpha value is -1.10. The predicted octanol–water partition coefficient (Wildman–Crippen LogP) is 1.62. The van der Waals surface area contributed by atoms with Gasteiger partial charge in [0.2, 0.25) is 5.91 Å². The van der Waals surface area contributed by atoms with Crippen LogP contribution in [0.15, 0.2) is 0 Å². The highest BCUT2D eigenvalue weighted by Gasteiger charge is 2.46. The molecule has 1 heterocycles. The molecule has 0 aromatic rings. The summed E-state index contributed by atoms with van der Waals surface area (Å²) in [5.74, 6) is -0.871. The van der Waals surface area contributed by atoms with Gasteiger partial charge in [-0.3, -0.25) is 14.5 Å². The van der Waals surface area contributed by atoms with Crippen LogP contribution in [0.25, 0.3) is 0 Å². The van der Waals surface area contributed by atoms with Gasteiger partial charge in [-0.1, -0.05) is 20.3 Å². The molecule has 5 heteroatoms. The zero-order valence-electron chi connectivity index (χ0n) is 12.2. The molecule has 1 rings (SSSR count). The van der Waals surface area contributed by atoms with E-state index in [0.29, 0.717) is 19.4 Å². The molecule has 0 saturated carbocycles. The zero-order valence-corrected chi connectivity index (χ0v) is 12.2. The Balaban J connectivity index is 2.60. The first-order valence-corrected chi connectivity index (χ1v) is 7.24. The number of carbonyl (C=O) groups is 2. The van der Waals surface area contributed by atoms with E-state index in [9.17, 15) is 14.7 Å². The van der Waals surface area contributed by atoms with Crippen LogP contribution in [0.4, 0.5) is 0 Å². The van der Waals surface area contributed by atoms with Gasteiger partial charge in [-0.05, 0) is 39.2 Å². The highest BCUT2D eigenvalue weighted by Crippen LogP contribution is 2.32. The molecule has 2 unspecified atom stereocenters. The van der Waals surface area contributed by atoms with E-state index in [-0.39, 0.29) is 18.5 Å². The maximum Gasteiger partial charge on any atom is 0.324 e. The summed E-state index contributed by atoms with van der Waals surface area (Å²) in [6.07, 6.45) is 4.00. The number of carbonyl (C=O) groups excluding carboxylic acids is 1. The van der Waals surface area contributed by atoms with Crippen LogP contribution >= 0.6 is 0 Å². The topological polar surface area (TPSA) is 69.6 Å². The van der Waals surface area contributed by atoms with Gasteiger partial charge in [-0.15, -0.1) is 0 Å². The second-order valence-corrected chi connectivity index (χ2v) is 5.47. The smallest absolute Gasteiger partial charge is 0.324 e. The second-order valence-electron chi connectivity index (χ2n) is 5.47. The van der Waals surface area contributed by atoms with Gasteiger partial charge < -0.3 is 10.4 Å². The van der Waals surface area contributed by atoms with Crippen molar-refractivity contribution in [2.75, 3.05) is 13.1 Å². The molecule has 0 radical (unpaired) electrons. The van der Waals surface area contributed by atoms with Crippen molar-refractivity contribution in [3.63, 3.8) is 0 Å². The molecular formula is C14H26N2O3. The number of nitrogens with zero attached hydrogens (tertiary/aromatic N) is 1. The molecule has 1 fully saturated rings. The van der Waals surface area contributed by atoms with Crippen LogP contribution in [0.2, 0.25) is 0 Å². The molecule has 5 nitrogen and oxygen atoms in total. The number of hydrogen-bond donors (Lipinski definition) is 2. The average Bonchev–Trinajstić information content (AvgIpc) is 2.73. The van der Waals surface area contributed by atoms with Crippen LogP contribution in [-0.4, -0.2) is 46.6 Å². The molecule has 2 atom stereocenters. The van der Waals surface area contributed by atoms with Crippen molar-refractivity contribution in [3.05, 3.63) is 0 Å². The number of nitrogens with one attached hydrogen (secondary N) is 1. The van der Waals surface area contributed by atoms with E-state index in [0.717, 1.165) is 19.3 Å². The van der Waals surface area contributed by atoms with Crippen molar-refractivity contribution in [2.24, 2.45) is 0 Å². The molecule has 0 aliphatic carbocycles. The van der Waals surface area contributed by atoms with Crippen LogP contribution in [-0.2, 0) is 9.59 Å². The van der Waals surface area contributed by atoms with Gasteiger partial charge in [0.1, 0.15) is 5.54 Å². The maximum atomic E-state index is 12.0. The molecule has 2 N–H and O–H groups in total. The van der Waals surface area contributed by atoms with Crippen LogP contribution in [0.1, 0.15) is 52.9 Å². The Kier molecular flexibility index (Phi) is 5.79. The molecule has 1 aliphatic rings. The van der Waals surface area contributed by atoms with E-state index in [4.69, 9.17) is 0 Å². The molecule has 0 spiro atoms. The first kappa shape index (κ1) is 16.0. The van der Waals surface area contributed by atoms with E-state index in [2.05, 4.69) is 12.2 Å². The summed E-state index contributed by atoms with van der Waals surface area (Å²) in [4.78, 5) is 25.3. The van der Waals surface area contributed by atoms with E-state index < -0.39 is 11.5 Å². The molecular weight excluding hydrogens is 244 g/mol. The van der Waals surface area contributed by atoms with E-state index in [1.54, 1.807) is 0 Å². The van der Waals surface area contributed by atoms with Crippen LogP contribution in [0.5, 0.6) is 0 Å². The summed E-state index contributed by atoms with van der Waals surface area (Å²) < 4.78 is 0. The minimum absolute atomic E-state index is 0.0677. The van der Waals surface area contributed by atoms with Gasteiger partial charge in [-0.2, -0.15) is 0 Å². The third-order valence-electron chi connectivity index (χ3n) is 4.07. The fraction of sp³-hybridized carbons (Fsp3) is 0.857. The summed E-state index contributed by atoms with van der Waals surface area (Å²) in [7, 11) is 0. The first-order chi connectivity index (χ1) is 8.96. The number of amides is 1. The Morgan fingerprint density at radius 3 is 2.63 bits per heavy atom. The molecule has 110 valence electrons. The van der Waals surface area contributed by atoms with Gasteiger partial charge in [0, 0.05) is 6.04 Å². The number of aliphatic carboxylic acids is 1. The van der Waals surface area contributed by atoms with Gasteiger partial charge in [0.15, 0.2) is 0 Å². The number of carboxylic acid groups (broad SMARTS) is 1. The quantitative estimate of drug-likeness (QED) is 0.737. The zero-order chi connectivity index (χ0) is 14.5. The number of likely N-dealkylation sites (tertiary alicyclic amines) is 1. The Bertz CT molecular complexity index is 333. The van der Waals surface area contributed by atoms with Gasteiger partial charge in [-0.25, -0.2) is 0 Å². The number of rotatable bonds is 7. The molecule has 1 aliphatic heterocycles. The Morgan fingerprint density at radius 1 is 1.42 bits per heavy atom. The van der Waals surface area contributed by atoms with E-state index in [1.807, 2.05) is 18.7 Å². The van der Waals surface area contributed by atoms with Crippen molar-refractivity contribution in [1.29, 1.82) is 0 Å². The molecule has 1 amide bonds. The lowest BCUT2D eigenvalue weighted by Gasteiger charge is -2.33. The minimum atomic E-state index is -0.842. The van der Waals surface area contributed by atoms with Crippen molar-refractivity contribution in [1.82, 2.24) is 10.2 Å². The molecule has 0 aromatic heterocycles. The largest absolute Gasteiger partial charge is 0.480 e. The highest BCUT2D eigenvalue weighted by molar-refractivity contribution is 5.82. The van der Waals surface area contributed by atoms with Crippen molar-refractivity contribution >= 4 is 11.9 Å². The third kappa shape index (κ3) is 3.69. The molecule has 1 saturated heterocycles.